The molecule has 0 amide bonds. The number of ether oxygens (including phenoxy) is 2. The lowest BCUT2D eigenvalue weighted by atomic mass is 10.1. The van der Waals surface area contributed by atoms with E-state index in [4.69, 9.17) is 9.47 Å². The molecule has 4 heteroatoms. The largest absolute Gasteiger partial charge is 0.486 e. The highest BCUT2D eigenvalue weighted by molar-refractivity contribution is 5.43. The summed E-state index contributed by atoms with van der Waals surface area (Å²) in [6.07, 6.45) is 4.10. The Kier molecular flexibility index (Phi) is 3.28. The van der Waals surface area contributed by atoms with Gasteiger partial charge in [-0.3, -0.25) is 4.90 Å². The minimum atomic E-state index is 0.642. The second-order valence-electron chi connectivity index (χ2n) is 6.07. The van der Waals surface area contributed by atoms with E-state index in [2.05, 4.69) is 22.3 Å². The first-order chi connectivity index (χ1) is 9.88. The van der Waals surface area contributed by atoms with E-state index < -0.39 is 0 Å². The van der Waals surface area contributed by atoms with E-state index in [9.17, 15) is 0 Å². The van der Waals surface area contributed by atoms with Gasteiger partial charge in [0.15, 0.2) is 11.5 Å². The molecule has 1 aliphatic carbocycles. The molecule has 0 spiro atoms. The molecule has 1 unspecified atom stereocenters. The molecule has 1 N–H and O–H groups in total. The van der Waals surface area contributed by atoms with Gasteiger partial charge in [-0.2, -0.15) is 0 Å². The van der Waals surface area contributed by atoms with Crippen LogP contribution in [0.4, 0.5) is 0 Å². The van der Waals surface area contributed by atoms with Gasteiger partial charge in [-0.1, -0.05) is 6.07 Å². The van der Waals surface area contributed by atoms with Gasteiger partial charge in [-0.25, -0.2) is 0 Å². The summed E-state index contributed by atoms with van der Waals surface area (Å²) in [6.45, 7) is 4.71. The number of nitrogens with zero attached hydrogens (tertiary/aromatic N) is 1. The van der Waals surface area contributed by atoms with Gasteiger partial charge in [0, 0.05) is 31.7 Å². The summed E-state index contributed by atoms with van der Waals surface area (Å²) in [5, 5.41) is 3.68. The van der Waals surface area contributed by atoms with Crippen molar-refractivity contribution < 1.29 is 9.47 Å². The Morgan fingerprint density at radius 2 is 1.95 bits per heavy atom. The van der Waals surface area contributed by atoms with Crippen LogP contribution in [0.1, 0.15) is 24.8 Å². The van der Waals surface area contributed by atoms with E-state index in [0.717, 1.165) is 24.1 Å². The smallest absolute Gasteiger partial charge is 0.161 e. The van der Waals surface area contributed by atoms with E-state index in [1.807, 2.05) is 6.07 Å². The summed E-state index contributed by atoms with van der Waals surface area (Å²) in [6, 6.07) is 7.81. The van der Waals surface area contributed by atoms with Crippen LogP contribution in [0.5, 0.6) is 11.5 Å². The molecule has 2 aliphatic heterocycles. The normalized spacial score (nSPS) is 25.9. The molecule has 1 saturated carbocycles. The predicted octanol–water partition coefficient (Wildman–Crippen LogP) is 1.78. The number of hydrogen-bond acceptors (Lipinski definition) is 4. The van der Waals surface area contributed by atoms with E-state index >= 15 is 0 Å². The maximum Gasteiger partial charge on any atom is 0.161 e. The summed E-state index contributed by atoms with van der Waals surface area (Å²) >= 11 is 0. The van der Waals surface area contributed by atoms with Crippen molar-refractivity contribution in [1.82, 2.24) is 10.2 Å². The van der Waals surface area contributed by atoms with Gasteiger partial charge in [-0.05, 0) is 37.0 Å². The first-order valence-electron chi connectivity index (χ1n) is 7.74. The molecule has 4 nitrogen and oxygen atoms in total. The molecule has 0 radical (unpaired) electrons. The molecule has 1 aromatic rings. The van der Waals surface area contributed by atoms with Crippen LogP contribution in [0.3, 0.4) is 0 Å². The molecule has 3 aliphatic rings. The van der Waals surface area contributed by atoms with E-state index in [1.165, 1.54) is 37.9 Å². The number of rotatable bonds is 4. The number of likely N-dealkylation sites (tertiary alicyclic amines) is 1. The van der Waals surface area contributed by atoms with Crippen LogP contribution in [0.15, 0.2) is 18.2 Å². The van der Waals surface area contributed by atoms with Gasteiger partial charge in [0.05, 0.1) is 0 Å². The Bertz CT molecular complexity index is 487. The van der Waals surface area contributed by atoms with Crippen molar-refractivity contribution in [2.75, 3.05) is 26.3 Å². The third-order valence-corrected chi connectivity index (χ3v) is 4.48. The lowest BCUT2D eigenvalue weighted by Crippen LogP contribution is -2.32. The quantitative estimate of drug-likeness (QED) is 0.907. The van der Waals surface area contributed by atoms with Crippen molar-refractivity contribution in [3.8, 4) is 11.5 Å². The third-order valence-electron chi connectivity index (χ3n) is 4.48. The molecule has 1 saturated heterocycles. The van der Waals surface area contributed by atoms with Crippen LogP contribution in [0.25, 0.3) is 0 Å². The van der Waals surface area contributed by atoms with E-state index in [-0.39, 0.29) is 0 Å². The molecule has 1 atom stereocenters. The maximum atomic E-state index is 5.63. The fourth-order valence-electron chi connectivity index (χ4n) is 3.19. The summed E-state index contributed by atoms with van der Waals surface area (Å²) < 4.78 is 11.2. The van der Waals surface area contributed by atoms with E-state index in [1.54, 1.807) is 0 Å². The Labute approximate surface area is 120 Å². The molecule has 0 bridgehead atoms. The Hall–Kier alpha value is -1.26. The van der Waals surface area contributed by atoms with Crippen LogP contribution in [0, 0.1) is 0 Å². The second-order valence-corrected chi connectivity index (χ2v) is 6.07. The minimum Gasteiger partial charge on any atom is -0.486 e. The Morgan fingerprint density at radius 3 is 2.80 bits per heavy atom. The van der Waals surface area contributed by atoms with Gasteiger partial charge in [0.1, 0.15) is 13.2 Å². The summed E-state index contributed by atoms with van der Waals surface area (Å²) in [7, 11) is 0. The number of hydrogen-bond donors (Lipinski definition) is 1. The van der Waals surface area contributed by atoms with Crippen molar-refractivity contribution >= 4 is 0 Å². The zero-order valence-electron chi connectivity index (χ0n) is 11.8. The average Bonchev–Trinajstić information content (AvgIpc) is 3.24. The third kappa shape index (κ3) is 2.63. The fraction of sp³-hybridized carbons (Fsp3) is 0.625. The highest BCUT2D eigenvalue weighted by atomic mass is 16.6. The Balaban J connectivity index is 1.33. The summed E-state index contributed by atoms with van der Waals surface area (Å²) in [4.78, 5) is 2.64. The fourth-order valence-corrected chi connectivity index (χ4v) is 3.19. The van der Waals surface area contributed by atoms with Crippen molar-refractivity contribution in [1.29, 1.82) is 0 Å². The van der Waals surface area contributed by atoms with Crippen molar-refractivity contribution in [3.05, 3.63) is 23.8 Å². The zero-order valence-corrected chi connectivity index (χ0v) is 11.8. The molecule has 0 aromatic heterocycles. The minimum absolute atomic E-state index is 0.642. The highest BCUT2D eigenvalue weighted by Gasteiger charge is 2.34. The molecule has 2 fully saturated rings. The lowest BCUT2D eigenvalue weighted by molar-refractivity contribution is 0.171. The van der Waals surface area contributed by atoms with Crippen LogP contribution in [-0.2, 0) is 6.54 Å². The highest BCUT2D eigenvalue weighted by Crippen LogP contribution is 2.31. The van der Waals surface area contributed by atoms with Gasteiger partial charge in [-0.15, -0.1) is 0 Å². The second kappa shape index (κ2) is 5.26. The molecule has 1 aromatic carbocycles. The molecule has 20 heavy (non-hydrogen) atoms. The van der Waals surface area contributed by atoms with Crippen molar-refractivity contribution in [2.24, 2.45) is 0 Å². The van der Waals surface area contributed by atoms with Crippen molar-refractivity contribution in [2.45, 2.75) is 37.9 Å². The molecule has 108 valence electrons. The molecular formula is C16H22N2O2. The van der Waals surface area contributed by atoms with Gasteiger partial charge >= 0.3 is 0 Å². The standard InChI is InChI=1S/C16H22N2O2/c1-4-15-16(20-8-7-19-15)9-12(1)10-17-13-5-6-18(11-13)14-2-3-14/h1,4,9,13-14,17H,2-3,5-8,10-11H2. The van der Waals surface area contributed by atoms with Gasteiger partial charge in [0.2, 0.25) is 0 Å². The summed E-state index contributed by atoms with van der Waals surface area (Å²) in [5.41, 5.74) is 1.28. The van der Waals surface area contributed by atoms with Crippen LogP contribution in [0.2, 0.25) is 0 Å². The average molecular weight is 274 g/mol. The predicted molar refractivity (Wildman–Crippen MR) is 77.3 cm³/mol. The summed E-state index contributed by atoms with van der Waals surface area (Å²) in [5.74, 6) is 1.77. The zero-order chi connectivity index (χ0) is 13.4. The van der Waals surface area contributed by atoms with E-state index in [0.29, 0.717) is 19.3 Å². The Morgan fingerprint density at radius 1 is 1.10 bits per heavy atom. The van der Waals surface area contributed by atoms with Crippen LogP contribution < -0.4 is 14.8 Å². The maximum absolute atomic E-state index is 5.63. The first kappa shape index (κ1) is 12.5. The topological polar surface area (TPSA) is 33.7 Å². The monoisotopic (exact) mass is 274 g/mol. The van der Waals surface area contributed by atoms with Crippen molar-refractivity contribution in [3.63, 3.8) is 0 Å². The first-order valence-corrected chi connectivity index (χ1v) is 7.74. The van der Waals surface area contributed by atoms with Crippen LogP contribution in [-0.4, -0.2) is 43.3 Å². The lowest BCUT2D eigenvalue weighted by Gasteiger charge is -2.20. The van der Waals surface area contributed by atoms with Gasteiger partial charge < -0.3 is 14.8 Å². The number of nitrogens with one attached hydrogen (secondary N) is 1. The molecule has 4 rings (SSSR count). The SMILES string of the molecule is c1cc2c(cc1CNC1CCN(C3CC3)C1)OCCO2. The number of benzene rings is 1. The number of fused-ring (bicyclic) bond motifs is 1. The molecular weight excluding hydrogens is 252 g/mol. The van der Waals surface area contributed by atoms with Gasteiger partial charge in [0.25, 0.3) is 0 Å². The van der Waals surface area contributed by atoms with Crippen LogP contribution >= 0.6 is 0 Å². The molecule has 2 heterocycles.